The zero-order chi connectivity index (χ0) is 16.6. The van der Waals surface area contributed by atoms with Crippen molar-refractivity contribution >= 4 is 64.3 Å². The van der Waals surface area contributed by atoms with Crippen LogP contribution in [0.4, 0.5) is 0 Å². The summed E-state index contributed by atoms with van der Waals surface area (Å²) in [6.45, 7) is 0. The summed E-state index contributed by atoms with van der Waals surface area (Å²) < 4.78 is 5.16. The highest BCUT2D eigenvalue weighted by Crippen LogP contribution is 2.28. The van der Waals surface area contributed by atoms with Crippen molar-refractivity contribution in [1.82, 2.24) is 0 Å². The highest BCUT2D eigenvalue weighted by Gasteiger charge is 2.26. The highest BCUT2D eigenvalue weighted by molar-refractivity contribution is 6.37. The van der Waals surface area contributed by atoms with Gasteiger partial charge in [0.1, 0.15) is 0 Å². The Hall–Kier alpha value is -1.52. The van der Waals surface area contributed by atoms with E-state index in [0.717, 1.165) is 0 Å². The summed E-state index contributed by atoms with van der Waals surface area (Å²) in [4.78, 5) is 16.2. The first-order chi connectivity index (χ1) is 10.9. The maximum Gasteiger partial charge on any atom is 0.363 e. The second-order valence-electron chi connectivity index (χ2n) is 4.63. The molecule has 0 fully saturated rings. The Balaban J connectivity index is 2.01. The van der Waals surface area contributed by atoms with Crippen molar-refractivity contribution in [3.63, 3.8) is 0 Å². The summed E-state index contributed by atoms with van der Waals surface area (Å²) in [5.74, 6) is -0.499. The van der Waals surface area contributed by atoms with Crippen molar-refractivity contribution < 1.29 is 9.53 Å². The van der Waals surface area contributed by atoms with E-state index in [2.05, 4.69) is 4.99 Å². The number of carbonyl (C=O) groups excluding carboxylic acids is 1. The molecule has 0 aliphatic carbocycles. The third kappa shape index (κ3) is 3.54. The fourth-order valence-electron chi connectivity index (χ4n) is 1.95. The Morgan fingerprint density at radius 2 is 1.61 bits per heavy atom. The van der Waals surface area contributed by atoms with Crippen molar-refractivity contribution in [2.24, 2.45) is 4.99 Å². The molecule has 0 radical (unpaired) electrons. The molecule has 0 aromatic heterocycles. The normalized spacial score (nSPS) is 15.7. The van der Waals surface area contributed by atoms with Crippen LogP contribution in [0.25, 0.3) is 6.08 Å². The minimum Gasteiger partial charge on any atom is -0.402 e. The van der Waals surface area contributed by atoms with Crippen molar-refractivity contribution in [2.75, 3.05) is 0 Å². The molecule has 2 aromatic carbocycles. The number of aliphatic imine (C=N–C) groups is 1. The van der Waals surface area contributed by atoms with Crippen molar-refractivity contribution in [1.29, 1.82) is 0 Å². The minimum absolute atomic E-state index is 0.0961. The Kier molecular flexibility index (Phi) is 4.64. The maximum absolute atomic E-state index is 12.0. The lowest BCUT2D eigenvalue weighted by Gasteiger charge is -2.02. The van der Waals surface area contributed by atoms with Crippen LogP contribution in [0, 0.1) is 0 Å². The molecule has 0 saturated heterocycles. The first kappa shape index (κ1) is 16.3. The van der Waals surface area contributed by atoms with E-state index in [0.29, 0.717) is 31.2 Å². The van der Waals surface area contributed by atoms with Crippen LogP contribution in [-0.4, -0.2) is 11.9 Å². The molecule has 2 aromatic rings. The van der Waals surface area contributed by atoms with Gasteiger partial charge in [0.15, 0.2) is 5.70 Å². The molecule has 3 rings (SSSR count). The number of cyclic esters (lactones) is 1. The molecule has 1 heterocycles. The van der Waals surface area contributed by atoms with Gasteiger partial charge >= 0.3 is 5.97 Å². The summed E-state index contributed by atoms with van der Waals surface area (Å²) in [5, 5.41) is 1.75. The van der Waals surface area contributed by atoms with Crippen LogP contribution in [0.5, 0.6) is 0 Å². The monoisotopic (exact) mass is 385 g/mol. The van der Waals surface area contributed by atoms with E-state index >= 15 is 0 Å². The number of benzene rings is 2. The molecule has 1 aliphatic rings. The number of halogens is 4. The van der Waals surface area contributed by atoms with Crippen LogP contribution in [0.2, 0.25) is 20.1 Å². The molecule has 0 saturated carbocycles. The van der Waals surface area contributed by atoms with Gasteiger partial charge in [-0.2, -0.15) is 0 Å². The van der Waals surface area contributed by atoms with E-state index in [9.17, 15) is 4.79 Å². The molecule has 1 aliphatic heterocycles. The Morgan fingerprint density at radius 3 is 2.35 bits per heavy atom. The van der Waals surface area contributed by atoms with Gasteiger partial charge in [-0.15, -0.1) is 0 Å². The summed E-state index contributed by atoms with van der Waals surface area (Å²) in [5.41, 5.74) is 1.16. The average Bonchev–Trinajstić information content (AvgIpc) is 2.85. The van der Waals surface area contributed by atoms with E-state index in [1.165, 1.54) is 6.08 Å². The van der Waals surface area contributed by atoms with Gasteiger partial charge in [0.2, 0.25) is 5.90 Å². The lowest BCUT2D eigenvalue weighted by Crippen LogP contribution is -2.06. The molecule has 3 nitrogen and oxygen atoms in total. The fraction of sp³-hybridized carbons (Fsp3) is 0. The number of esters is 1. The molecular weight excluding hydrogens is 380 g/mol. The Labute approximate surface area is 152 Å². The zero-order valence-electron chi connectivity index (χ0n) is 11.3. The molecule has 0 amide bonds. The number of nitrogens with zero attached hydrogens (tertiary/aromatic N) is 1. The van der Waals surface area contributed by atoms with Crippen LogP contribution < -0.4 is 0 Å². The van der Waals surface area contributed by atoms with Gasteiger partial charge < -0.3 is 4.74 Å². The second-order valence-corrected chi connectivity index (χ2v) is 6.31. The summed E-state index contributed by atoms with van der Waals surface area (Å²) >= 11 is 24.0. The molecule has 116 valence electrons. The van der Waals surface area contributed by atoms with E-state index in [4.69, 9.17) is 51.1 Å². The minimum atomic E-state index is -0.595. The van der Waals surface area contributed by atoms with Gasteiger partial charge in [0.05, 0.1) is 10.6 Å². The van der Waals surface area contributed by atoms with E-state index in [1.807, 2.05) is 0 Å². The Bertz CT molecular complexity index is 874. The first-order valence-electron chi connectivity index (χ1n) is 6.37. The molecule has 0 spiro atoms. The molecular formula is C16H7Cl4NO2. The molecule has 0 unspecified atom stereocenters. The van der Waals surface area contributed by atoms with Gasteiger partial charge in [-0.3, -0.25) is 0 Å². The van der Waals surface area contributed by atoms with E-state index < -0.39 is 5.97 Å². The second kappa shape index (κ2) is 6.54. The number of hydrogen-bond acceptors (Lipinski definition) is 3. The fourth-order valence-corrected chi connectivity index (χ4v) is 2.79. The number of carbonyl (C=O) groups is 1. The Morgan fingerprint density at radius 1 is 0.913 bits per heavy atom. The smallest absolute Gasteiger partial charge is 0.363 e. The van der Waals surface area contributed by atoms with Crippen LogP contribution in [0.1, 0.15) is 11.1 Å². The molecule has 7 heteroatoms. The number of ether oxygens (including phenoxy) is 1. The number of hydrogen-bond donors (Lipinski definition) is 0. The maximum atomic E-state index is 12.0. The largest absolute Gasteiger partial charge is 0.402 e. The predicted molar refractivity (Wildman–Crippen MR) is 93.5 cm³/mol. The van der Waals surface area contributed by atoms with Crippen molar-refractivity contribution in [2.45, 2.75) is 0 Å². The standard InChI is InChI=1S/C16H7Cl4NO2/c17-9-3-4-12(19)11(6-9)15-21-14(16(22)23-15)5-8-1-2-10(18)7-13(8)20/h1-7H/b14-5+. The van der Waals surface area contributed by atoms with Gasteiger partial charge in [-0.25, -0.2) is 9.79 Å². The van der Waals surface area contributed by atoms with E-state index in [1.54, 1.807) is 36.4 Å². The summed E-state index contributed by atoms with van der Waals surface area (Å²) in [6.07, 6.45) is 1.52. The van der Waals surface area contributed by atoms with Crippen LogP contribution in [-0.2, 0) is 9.53 Å². The third-order valence-electron chi connectivity index (χ3n) is 3.03. The highest BCUT2D eigenvalue weighted by atomic mass is 35.5. The molecule has 23 heavy (non-hydrogen) atoms. The SMILES string of the molecule is O=C1OC(c2cc(Cl)ccc2Cl)=N/C1=C/c1ccc(Cl)cc1Cl. The predicted octanol–water partition coefficient (Wildman–Crippen LogP) is 5.64. The zero-order valence-corrected chi connectivity index (χ0v) is 14.3. The van der Waals surface area contributed by atoms with Crippen molar-refractivity contribution in [3.8, 4) is 0 Å². The van der Waals surface area contributed by atoms with Gasteiger partial charge in [0.25, 0.3) is 0 Å². The first-order valence-corrected chi connectivity index (χ1v) is 7.88. The molecule has 0 bridgehead atoms. The number of rotatable bonds is 2. The van der Waals surface area contributed by atoms with Crippen LogP contribution in [0.3, 0.4) is 0 Å². The summed E-state index contributed by atoms with van der Waals surface area (Å²) in [7, 11) is 0. The van der Waals surface area contributed by atoms with Crippen LogP contribution in [0.15, 0.2) is 47.1 Å². The van der Waals surface area contributed by atoms with E-state index in [-0.39, 0.29) is 11.6 Å². The molecule has 0 atom stereocenters. The lowest BCUT2D eigenvalue weighted by atomic mass is 10.2. The lowest BCUT2D eigenvalue weighted by molar-refractivity contribution is -0.129. The van der Waals surface area contributed by atoms with Gasteiger partial charge in [-0.05, 0) is 42.0 Å². The quantitative estimate of drug-likeness (QED) is 0.494. The summed E-state index contributed by atoms with van der Waals surface area (Å²) in [6, 6.07) is 9.74. The average molecular weight is 387 g/mol. The van der Waals surface area contributed by atoms with Gasteiger partial charge in [-0.1, -0.05) is 52.5 Å². The topological polar surface area (TPSA) is 38.7 Å². The van der Waals surface area contributed by atoms with Gasteiger partial charge in [0, 0.05) is 15.1 Å². The van der Waals surface area contributed by atoms with Crippen LogP contribution >= 0.6 is 46.4 Å². The van der Waals surface area contributed by atoms with Crippen molar-refractivity contribution in [3.05, 3.63) is 73.3 Å². The molecule has 0 N–H and O–H groups in total. The third-order valence-corrected chi connectivity index (χ3v) is 4.16.